The van der Waals surface area contributed by atoms with Crippen LogP contribution in [0.1, 0.15) is 66.5 Å². The second kappa shape index (κ2) is 25.7. The van der Waals surface area contributed by atoms with E-state index in [4.69, 9.17) is 42.1 Å². The van der Waals surface area contributed by atoms with Crippen LogP contribution in [0.4, 0.5) is 0 Å². The Kier molecular flexibility index (Phi) is 23.2. The van der Waals surface area contributed by atoms with E-state index in [2.05, 4.69) is 0 Å². The van der Waals surface area contributed by atoms with Crippen LogP contribution >= 0.6 is 0 Å². The highest BCUT2D eigenvalue weighted by molar-refractivity contribution is 7.86. The molecule has 0 aliphatic heterocycles. The normalized spacial score (nSPS) is 12.9. The first kappa shape index (κ1) is 48.7. The Hall–Kier alpha value is -3.31. The molecule has 0 unspecified atom stereocenters. The average molecular weight is 787 g/mol. The number of aliphatic hydroxyl groups excluding tert-OH is 1. The maximum atomic E-state index is 12.3. The molecule has 1 N–H and O–H groups in total. The molecular weight excluding hydrogens is 724 g/mol. The van der Waals surface area contributed by atoms with Crippen molar-refractivity contribution < 1.29 is 65.2 Å². The van der Waals surface area contributed by atoms with Crippen LogP contribution in [0, 0.1) is 0 Å². The Bertz CT molecular complexity index is 1420. The van der Waals surface area contributed by atoms with Crippen molar-refractivity contribution in [3.8, 4) is 11.5 Å². The summed E-state index contributed by atoms with van der Waals surface area (Å²) in [7, 11) is -3.82. The molecule has 2 aromatic rings. The van der Waals surface area contributed by atoms with Gasteiger partial charge in [0.15, 0.2) is 12.2 Å². The van der Waals surface area contributed by atoms with Gasteiger partial charge < -0.3 is 43.0 Å². The van der Waals surface area contributed by atoms with Gasteiger partial charge in [0.2, 0.25) is 0 Å². The first-order chi connectivity index (χ1) is 25.3. The average Bonchev–Trinajstić information content (AvgIpc) is 3.07. The van der Waals surface area contributed by atoms with Gasteiger partial charge in [-0.3, -0.25) is 4.18 Å². The monoisotopic (exact) mass is 786 g/mol. The molecule has 2 aromatic carbocycles. The van der Waals surface area contributed by atoms with E-state index in [1.807, 2.05) is 26.0 Å². The van der Waals surface area contributed by atoms with E-state index in [1.165, 1.54) is 0 Å². The number of hydrogen-bond acceptors (Lipinski definition) is 14. The Labute approximate surface area is 321 Å². The third kappa shape index (κ3) is 25.7. The molecule has 0 amide bonds. The topological polar surface area (TPSA) is 172 Å². The SMILES string of the molecule is CCOCCOCCOc1ccc(C[C@H](O)C(=O)OC(C)(C)C)cc1.CCOCCOCCOc1ccc(C[C@H](OS(C)(=O)=O)C(=O)OC(C)(C)C)cc1. The molecule has 2 rings (SSSR count). The van der Waals surface area contributed by atoms with Gasteiger partial charge in [0.1, 0.15) is 35.9 Å². The summed E-state index contributed by atoms with van der Waals surface area (Å²) in [5.41, 5.74) is 0.183. The number of aliphatic hydroxyl groups is 1. The molecule has 0 radical (unpaired) electrons. The van der Waals surface area contributed by atoms with Gasteiger partial charge in [-0.2, -0.15) is 8.42 Å². The van der Waals surface area contributed by atoms with Crippen LogP contribution in [0.3, 0.4) is 0 Å². The summed E-state index contributed by atoms with van der Waals surface area (Å²) in [5.74, 6) is 0.00778. The third-order valence-electron chi connectivity index (χ3n) is 6.48. The van der Waals surface area contributed by atoms with Crippen LogP contribution in [0.25, 0.3) is 0 Å². The van der Waals surface area contributed by atoms with Crippen molar-refractivity contribution in [3.63, 3.8) is 0 Å². The summed E-state index contributed by atoms with van der Waals surface area (Å²) in [6.45, 7) is 19.6. The number of carbonyl (C=O) groups excluding carboxylic acids is 2. The zero-order chi connectivity index (χ0) is 40.6. The maximum Gasteiger partial charge on any atom is 0.337 e. The fraction of sp³-hybridized carbons (Fsp3) is 0.641. The summed E-state index contributed by atoms with van der Waals surface area (Å²) >= 11 is 0. The molecule has 0 saturated heterocycles. The fourth-order valence-corrected chi connectivity index (χ4v) is 4.80. The van der Waals surface area contributed by atoms with E-state index in [-0.39, 0.29) is 12.8 Å². The molecular formula is C39H62O14S. The molecule has 0 heterocycles. The minimum atomic E-state index is -3.82. The number of benzene rings is 2. The second-order valence-corrected chi connectivity index (χ2v) is 15.5. The van der Waals surface area contributed by atoms with Gasteiger partial charge in [-0.25, -0.2) is 9.59 Å². The predicted octanol–water partition coefficient (Wildman–Crippen LogP) is 4.71. The van der Waals surface area contributed by atoms with Crippen molar-refractivity contribution in [1.82, 2.24) is 0 Å². The van der Waals surface area contributed by atoms with Crippen molar-refractivity contribution in [2.45, 2.75) is 91.6 Å². The Morgan fingerprint density at radius 3 is 1.35 bits per heavy atom. The summed E-state index contributed by atoms with van der Waals surface area (Å²) in [5, 5.41) is 9.93. The smallest absolute Gasteiger partial charge is 0.337 e. The summed E-state index contributed by atoms with van der Waals surface area (Å²) in [6, 6.07) is 14.2. The lowest BCUT2D eigenvalue weighted by Crippen LogP contribution is -2.36. The highest BCUT2D eigenvalue weighted by Gasteiger charge is 2.29. The predicted molar refractivity (Wildman–Crippen MR) is 203 cm³/mol. The summed E-state index contributed by atoms with van der Waals surface area (Å²) in [4.78, 5) is 24.1. The van der Waals surface area contributed by atoms with E-state index in [9.17, 15) is 23.1 Å². The van der Waals surface area contributed by atoms with E-state index in [0.717, 1.165) is 11.8 Å². The maximum absolute atomic E-state index is 12.3. The van der Waals surface area contributed by atoms with Gasteiger partial charge in [-0.1, -0.05) is 24.3 Å². The van der Waals surface area contributed by atoms with Gasteiger partial charge in [-0.05, 0) is 90.8 Å². The van der Waals surface area contributed by atoms with E-state index < -0.39 is 45.5 Å². The number of esters is 2. The Morgan fingerprint density at radius 2 is 0.963 bits per heavy atom. The zero-order valence-corrected chi connectivity index (χ0v) is 34.2. The lowest BCUT2D eigenvalue weighted by atomic mass is 10.1. The lowest BCUT2D eigenvalue weighted by molar-refractivity contribution is -0.165. The minimum absolute atomic E-state index is 0.0583. The Morgan fingerprint density at radius 1 is 0.593 bits per heavy atom. The molecule has 0 saturated carbocycles. The van der Waals surface area contributed by atoms with Crippen LogP contribution in [0.2, 0.25) is 0 Å². The fourth-order valence-electron chi connectivity index (χ4n) is 4.23. The number of rotatable bonds is 24. The Balaban J connectivity index is 0.000000546. The van der Waals surface area contributed by atoms with Crippen LogP contribution in [0.5, 0.6) is 11.5 Å². The zero-order valence-electron chi connectivity index (χ0n) is 33.4. The van der Waals surface area contributed by atoms with Crippen LogP contribution in [-0.2, 0) is 65.2 Å². The molecule has 0 aliphatic rings. The van der Waals surface area contributed by atoms with Gasteiger partial charge in [0.05, 0.1) is 45.9 Å². The minimum Gasteiger partial charge on any atom is -0.491 e. The summed E-state index contributed by atoms with van der Waals surface area (Å²) in [6.07, 6.45) is -1.27. The molecule has 0 aliphatic carbocycles. The van der Waals surface area contributed by atoms with Crippen LogP contribution in [0.15, 0.2) is 48.5 Å². The first-order valence-corrected chi connectivity index (χ1v) is 19.9. The van der Waals surface area contributed by atoms with Crippen molar-refractivity contribution in [2.24, 2.45) is 0 Å². The highest BCUT2D eigenvalue weighted by atomic mass is 32.2. The number of carbonyl (C=O) groups is 2. The second-order valence-electron chi connectivity index (χ2n) is 13.9. The largest absolute Gasteiger partial charge is 0.491 e. The summed E-state index contributed by atoms with van der Waals surface area (Å²) < 4.78 is 70.6. The van der Waals surface area contributed by atoms with Gasteiger partial charge in [-0.15, -0.1) is 0 Å². The molecule has 0 aromatic heterocycles. The van der Waals surface area contributed by atoms with Crippen molar-refractivity contribution in [1.29, 1.82) is 0 Å². The molecule has 15 heteroatoms. The number of ether oxygens (including phenoxy) is 8. The molecule has 14 nitrogen and oxygen atoms in total. The van der Waals surface area contributed by atoms with Crippen molar-refractivity contribution in [3.05, 3.63) is 59.7 Å². The highest BCUT2D eigenvalue weighted by Crippen LogP contribution is 2.19. The molecule has 2 atom stereocenters. The van der Waals surface area contributed by atoms with E-state index in [0.29, 0.717) is 83.1 Å². The molecule has 0 spiro atoms. The lowest BCUT2D eigenvalue weighted by Gasteiger charge is -2.23. The standard InChI is InChI=1S/C20H32O8S.C19H30O6/c1-6-24-11-12-25-13-14-26-17-9-7-16(8-10-17)15-18(28-29(5,22)23)19(21)27-20(2,3)4;1-5-22-10-11-23-12-13-24-16-8-6-15(7-9-16)14-17(20)18(21)25-19(2,3)4/h7-10,18H,6,11-15H2,1-5H3;6-9,17,20H,5,10-14H2,1-4H3/t18-;17-/m00/s1. The van der Waals surface area contributed by atoms with Crippen LogP contribution in [-0.4, -0.2) is 121 Å². The van der Waals surface area contributed by atoms with Crippen molar-refractivity contribution in [2.75, 3.05) is 72.3 Å². The quantitative estimate of drug-likeness (QED) is 0.0881. The molecule has 308 valence electrons. The molecule has 0 fully saturated rings. The van der Waals surface area contributed by atoms with Crippen molar-refractivity contribution >= 4 is 22.1 Å². The van der Waals surface area contributed by atoms with Gasteiger partial charge in [0.25, 0.3) is 10.1 Å². The van der Waals surface area contributed by atoms with E-state index >= 15 is 0 Å². The van der Waals surface area contributed by atoms with Gasteiger partial charge >= 0.3 is 11.9 Å². The number of hydrogen-bond donors (Lipinski definition) is 1. The molecule has 54 heavy (non-hydrogen) atoms. The van der Waals surface area contributed by atoms with E-state index in [1.54, 1.807) is 77.9 Å². The van der Waals surface area contributed by atoms with Crippen LogP contribution < -0.4 is 9.47 Å². The van der Waals surface area contributed by atoms with Gasteiger partial charge in [0, 0.05) is 26.1 Å². The third-order valence-corrected chi connectivity index (χ3v) is 7.06. The first-order valence-electron chi connectivity index (χ1n) is 18.1. The molecule has 0 bridgehead atoms.